The van der Waals surface area contributed by atoms with E-state index < -0.39 is 17.7 Å². The number of nitrogens with zero attached hydrogens (tertiary/aromatic N) is 1. The fraction of sp³-hybridized carbons (Fsp3) is 0.947. The van der Waals surface area contributed by atoms with Gasteiger partial charge in [-0.1, -0.05) is 0 Å². The molecule has 6 nitrogen and oxygen atoms in total. The highest BCUT2D eigenvalue weighted by Crippen LogP contribution is 2.48. The lowest BCUT2D eigenvalue weighted by atomic mass is 9.73. The summed E-state index contributed by atoms with van der Waals surface area (Å²) in [6.45, 7) is 10.0. The van der Waals surface area contributed by atoms with Gasteiger partial charge in [0.1, 0.15) is 0 Å². The van der Waals surface area contributed by atoms with Crippen LogP contribution in [0.3, 0.4) is 0 Å². The third kappa shape index (κ3) is 3.59. The van der Waals surface area contributed by atoms with E-state index in [-0.39, 0.29) is 23.0 Å². The Kier molecular flexibility index (Phi) is 4.95. The Hall–Kier alpha value is -0.690. The van der Waals surface area contributed by atoms with Crippen LogP contribution in [0.5, 0.6) is 0 Å². The van der Waals surface area contributed by atoms with Crippen LogP contribution in [0.1, 0.15) is 59.8 Å². The lowest BCUT2D eigenvalue weighted by Crippen LogP contribution is -2.56. The first-order valence-corrected chi connectivity index (χ1v) is 9.61. The SMILES string of the molecule is C[C@H](N)C(=O)N1CCC2(CC1)CO[C@@H]([C@@]1(C)CC[C@H](O)C(C)(C)O1)C2. The number of nitrogens with two attached hydrogens (primary N) is 1. The van der Waals surface area contributed by atoms with Gasteiger partial charge in [-0.15, -0.1) is 0 Å². The van der Waals surface area contributed by atoms with Crippen LogP contribution in [0.2, 0.25) is 0 Å². The molecular formula is C19H34N2O4. The molecule has 0 bridgehead atoms. The minimum absolute atomic E-state index is 0.0450. The normalized spacial score (nSPS) is 38.7. The molecule has 25 heavy (non-hydrogen) atoms. The maximum absolute atomic E-state index is 12.1. The van der Waals surface area contributed by atoms with Gasteiger partial charge in [-0.25, -0.2) is 0 Å². The highest BCUT2D eigenvalue weighted by molar-refractivity contribution is 5.81. The van der Waals surface area contributed by atoms with Gasteiger partial charge in [-0.05, 0) is 65.2 Å². The van der Waals surface area contributed by atoms with Crippen molar-refractivity contribution in [2.24, 2.45) is 11.1 Å². The Morgan fingerprint density at radius 3 is 2.44 bits per heavy atom. The highest BCUT2D eigenvalue weighted by atomic mass is 16.6. The van der Waals surface area contributed by atoms with Crippen molar-refractivity contribution >= 4 is 5.91 Å². The van der Waals surface area contributed by atoms with Crippen molar-refractivity contribution in [2.45, 2.75) is 89.3 Å². The molecule has 3 aliphatic rings. The number of ether oxygens (including phenoxy) is 2. The van der Waals surface area contributed by atoms with Gasteiger partial charge < -0.3 is 25.2 Å². The molecule has 1 spiro atoms. The average Bonchev–Trinajstić information content (AvgIpc) is 2.96. The van der Waals surface area contributed by atoms with Crippen molar-refractivity contribution < 1.29 is 19.4 Å². The van der Waals surface area contributed by atoms with E-state index in [1.807, 2.05) is 18.7 Å². The van der Waals surface area contributed by atoms with Crippen molar-refractivity contribution in [3.05, 3.63) is 0 Å². The second kappa shape index (κ2) is 6.48. The lowest BCUT2D eigenvalue weighted by molar-refractivity contribution is -0.245. The molecule has 0 unspecified atom stereocenters. The van der Waals surface area contributed by atoms with Gasteiger partial charge >= 0.3 is 0 Å². The van der Waals surface area contributed by atoms with Crippen molar-refractivity contribution in [3.63, 3.8) is 0 Å². The summed E-state index contributed by atoms with van der Waals surface area (Å²) in [4.78, 5) is 14.0. The largest absolute Gasteiger partial charge is 0.390 e. The van der Waals surface area contributed by atoms with E-state index in [0.29, 0.717) is 0 Å². The molecule has 0 aromatic heterocycles. The number of aliphatic hydroxyl groups is 1. The van der Waals surface area contributed by atoms with E-state index in [1.54, 1.807) is 6.92 Å². The number of rotatable bonds is 2. The smallest absolute Gasteiger partial charge is 0.239 e. The first kappa shape index (κ1) is 19.1. The molecule has 0 aromatic carbocycles. The minimum Gasteiger partial charge on any atom is -0.390 e. The molecule has 0 radical (unpaired) electrons. The molecule has 3 N–H and O–H groups in total. The van der Waals surface area contributed by atoms with Gasteiger partial charge in [-0.3, -0.25) is 4.79 Å². The Labute approximate surface area is 151 Å². The molecule has 3 rings (SSSR count). The van der Waals surface area contributed by atoms with Crippen molar-refractivity contribution in [3.8, 4) is 0 Å². The van der Waals surface area contributed by atoms with Crippen LogP contribution in [-0.2, 0) is 14.3 Å². The molecule has 0 saturated carbocycles. The summed E-state index contributed by atoms with van der Waals surface area (Å²) in [6, 6.07) is -0.426. The lowest BCUT2D eigenvalue weighted by Gasteiger charge is -2.48. The van der Waals surface area contributed by atoms with E-state index in [4.69, 9.17) is 15.2 Å². The standard InChI is InChI=1S/C19H34N2O4/c1-13(20)16(23)21-9-7-19(8-10-21)11-15(24-12-19)18(4)6-5-14(22)17(2,3)25-18/h13-15,22H,5-12,20H2,1-4H3/t13-,14-,15+,18+/m0/s1. The third-order valence-electron chi connectivity index (χ3n) is 6.63. The number of aliphatic hydroxyl groups excluding tert-OH is 1. The maximum Gasteiger partial charge on any atom is 0.239 e. The van der Waals surface area contributed by atoms with Gasteiger partial charge in [-0.2, -0.15) is 0 Å². The molecule has 4 atom stereocenters. The van der Waals surface area contributed by atoms with E-state index in [2.05, 4.69) is 6.92 Å². The Balaban J connectivity index is 1.62. The Morgan fingerprint density at radius 1 is 1.24 bits per heavy atom. The predicted octanol–water partition coefficient (Wildman–Crippen LogP) is 1.44. The first-order valence-electron chi connectivity index (χ1n) is 9.61. The molecule has 0 aliphatic carbocycles. The van der Waals surface area contributed by atoms with Crippen LogP contribution < -0.4 is 5.73 Å². The maximum atomic E-state index is 12.1. The molecule has 144 valence electrons. The Bertz CT molecular complexity index is 514. The quantitative estimate of drug-likeness (QED) is 0.784. The predicted molar refractivity (Wildman–Crippen MR) is 95.1 cm³/mol. The van der Waals surface area contributed by atoms with Gasteiger partial charge in [0.15, 0.2) is 0 Å². The number of likely N-dealkylation sites (tertiary alicyclic amines) is 1. The minimum atomic E-state index is -0.542. The number of amides is 1. The zero-order chi connectivity index (χ0) is 18.5. The summed E-state index contributed by atoms with van der Waals surface area (Å²) in [5.41, 5.74) is 4.98. The summed E-state index contributed by atoms with van der Waals surface area (Å²) in [5, 5.41) is 10.2. The van der Waals surface area contributed by atoms with E-state index >= 15 is 0 Å². The fourth-order valence-corrected chi connectivity index (χ4v) is 4.74. The van der Waals surface area contributed by atoms with Crippen LogP contribution in [0.25, 0.3) is 0 Å². The number of hydrogen-bond donors (Lipinski definition) is 2. The van der Waals surface area contributed by atoms with Crippen LogP contribution >= 0.6 is 0 Å². The number of piperidine rings is 1. The highest BCUT2D eigenvalue weighted by Gasteiger charge is 2.53. The fourth-order valence-electron chi connectivity index (χ4n) is 4.74. The molecule has 3 fully saturated rings. The van der Waals surface area contributed by atoms with Gasteiger partial charge in [0.25, 0.3) is 0 Å². The van der Waals surface area contributed by atoms with Crippen LogP contribution in [-0.4, -0.2) is 65.1 Å². The zero-order valence-corrected chi connectivity index (χ0v) is 16.1. The van der Waals surface area contributed by atoms with Crippen molar-refractivity contribution in [1.82, 2.24) is 4.90 Å². The molecule has 3 aliphatic heterocycles. The van der Waals surface area contributed by atoms with Crippen molar-refractivity contribution in [2.75, 3.05) is 19.7 Å². The summed E-state index contributed by atoms with van der Waals surface area (Å²) in [6.07, 6.45) is 4.07. The number of carbonyl (C=O) groups is 1. The molecule has 3 heterocycles. The third-order valence-corrected chi connectivity index (χ3v) is 6.63. The van der Waals surface area contributed by atoms with E-state index in [0.717, 1.165) is 51.8 Å². The van der Waals surface area contributed by atoms with Gasteiger partial charge in [0.2, 0.25) is 5.91 Å². The summed E-state index contributed by atoms with van der Waals surface area (Å²) < 4.78 is 12.6. The van der Waals surface area contributed by atoms with Crippen LogP contribution in [0.15, 0.2) is 0 Å². The second-order valence-corrected chi connectivity index (χ2v) is 9.19. The average molecular weight is 354 g/mol. The van der Waals surface area contributed by atoms with E-state index in [9.17, 15) is 9.90 Å². The molecule has 0 aromatic rings. The molecule has 6 heteroatoms. The first-order chi connectivity index (χ1) is 11.6. The van der Waals surface area contributed by atoms with E-state index in [1.165, 1.54) is 0 Å². The van der Waals surface area contributed by atoms with Gasteiger partial charge in [0, 0.05) is 13.1 Å². The molecular weight excluding hydrogens is 320 g/mol. The molecule has 3 saturated heterocycles. The summed E-state index contributed by atoms with van der Waals surface area (Å²) in [7, 11) is 0. The monoisotopic (exact) mass is 354 g/mol. The van der Waals surface area contributed by atoms with Crippen LogP contribution in [0.4, 0.5) is 0 Å². The van der Waals surface area contributed by atoms with Gasteiger partial charge in [0.05, 0.1) is 36.1 Å². The number of carbonyl (C=O) groups excluding carboxylic acids is 1. The summed E-state index contributed by atoms with van der Waals surface area (Å²) >= 11 is 0. The van der Waals surface area contributed by atoms with Crippen LogP contribution in [0, 0.1) is 5.41 Å². The van der Waals surface area contributed by atoms with Crippen molar-refractivity contribution in [1.29, 1.82) is 0 Å². The second-order valence-electron chi connectivity index (χ2n) is 9.19. The Morgan fingerprint density at radius 2 is 1.88 bits per heavy atom. The topological polar surface area (TPSA) is 85.0 Å². The summed E-state index contributed by atoms with van der Waals surface area (Å²) in [5.74, 6) is 0.0450. The molecule has 1 amide bonds. The number of hydrogen-bond acceptors (Lipinski definition) is 5. The zero-order valence-electron chi connectivity index (χ0n) is 16.1.